The first kappa shape index (κ1) is 13.2. The molecule has 0 unspecified atom stereocenters. The van der Waals surface area contributed by atoms with Crippen LogP contribution in [0.5, 0.6) is 0 Å². The average Bonchev–Trinajstić information content (AvgIpc) is 2.26. The lowest BCUT2D eigenvalue weighted by Gasteiger charge is -2.34. The molecule has 0 N–H and O–H groups in total. The average molecular weight is 239 g/mol. The van der Waals surface area contributed by atoms with E-state index in [-0.39, 0.29) is 13.0 Å². The number of nitriles is 1. The minimum Gasteiger partial charge on any atom is -0.459 e. The third-order valence-corrected chi connectivity index (χ3v) is 2.03. The van der Waals surface area contributed by atoms with E-state index in [2.05, 4.69) is 0 Å². The molecule has 1 heterocycles. The van der Waals surface area contributed by atoms with Gasteiger partial charge in [0.05, 0.1) is 6.07 Å². The number of esters is 2. The summed E-state index contributed by atoms with van der Waals surface area (Å²) in [5, 5.41) is 8.76. The Kier molecular flexibility index (Phi) is 4.24. The molecular weight excluding hydrogens is 226 g/mol. The van der Waals surface area contributed by atoms with Crippen LogP contribution < -0.4 is 0 Å². The number of carbonyl (C=O) groups excluding carboxylic acids is 2. The first-order valence-corrected chi connectivity index (χ1v) is 5.04. The van der Waals surface area contributed by atoms with Gasteiger partial charge in [-0.25, -0.2) is 0 Å². The van der Waals surface area contributed by atoms with Gasteiger partial charge < -0.3 is 14.2 Å². The molecule has 2 atom stereocenters. The molecule has 0 aromatic heterocycles. The zero-order chi connectivity index (χ0) is 12.9. The number of hydrogen-bond acceptors (Lipinski definition) is 6. The van der Waals surface area contributed by atoms with E-state index in [1.807, 2.05) is 6.07 Å². The molecule has 0 amide bonds. The van der Waals surface area contributed by atoms with Crippen molar-refractivity contribution in [3.8, 4) is 6.07 Å². The van der Waals surface area contributed by atoms with Gasteiger partial charge in [-0.1, -0.05) is 6.08 Å². The van der Waals surface area contributed by atoms with Crippen molar-refractivity contribution in [2.45, 2.75) is 32.2 Å². The summed E-state index contributed by atoms with van der Waals surface area (Å²) >= 11 is 0. The predicted octanol–water partition coefficient (Wildman–Crippen LogP) is 0.678. The van der Waals surface area contributed by atoms with Crippen LogP contribution in [-0.2, 0) is 23.8 Å². The monoisotopic (exact) mass is 239 g/mol. The van der Waals surface area contributed by atoms with Crippen molar-refractivity contribution in [2.75, 3.05) is 6.61 Å². The standard InChI is InChI=1S/C11H13NO5/c1-8(13)15-7-11(16-9(2)14)5-3-4-10(6-12)17-11/h3-4,10H,5,7H2,1-2H3/t10-,11-/m0/s1. The van der Waals surface area contributed by atoms with Crippen molar-refractivity contribution < 1.29 is 23.8 Å². The van der Waals surface area contributed by atoms with Crippen LogP contribution in [0.25, 0.3) is 0 Å². The maximum atomic E-state index is 11.0. The lowest BCUT2D eigenvalue weighted by molar-refractivity contribution is -0.255. The molecule has 0 fully saturated rings. The lowest BCUT2D eigenvalue weighted by atomic mass is 10.1. The summed E-state index contributed by atoms with van der Waals surface area (Å²) in [5.41, 5.74) is 0. The van der Waals surface area contributed by atoms with Gasteiger partial charge in [0.1, 0.15) is 0 Å². The first-order valence-electron chi connectivity index (χ1n) is 5.04. The number of rotatable bonds is 3. The maximum absolute atomic E-state index is 11.0. The minimum atomic E-state index is -1.40. The Bertz CT molecular complexity index is 384. The zero-order valence-corrected chi connectivity index (χ0v) is 9.63. The molecule has 17 heavy (non-hydrogen) atoms. The van der Waals surface area contributed by atoms with Gasteiger partial charge in [-0.15, -0.1) is 0 Å². The van der Waals surface area contributed by atoms with Crippen LogP contribution in [0.4, 0.5) is 0 Å². The van der Waals surface area contributed by atoms with Crippen LogP contribution in [0.15, 0.2) is 12.2 Å². The van der Waals surface area contributed by atoms with Crippen LogP contribution in [-0.4, -0.2) is 30.4 Å². The van der Waals surface area contributed by atoms with Gasteiger partial charge in [0, 0.05) is 20.3 Å². The third-order valence-electron chi connectivity index (χ3n) is 2.03. The van der Waals surface area contributed by atoms with Gasteiger partial charge in [0.2, 0.25) is 0 Å². The summed E-state index contributed by atoms with van der Waals surface area (Å²) in [6, 6.07) is 1.88. The number of nitrogens with zero attached hydrogens (tertiary/aromatic N) is 1. The van der Waals surface area contributed by atoms with Crippen LogP contribution in [0.2, 0.25) is 0 Å². The SMILES string of the molecule is CC(=O)OC[C@]1(OC(C)=O)CC=C[C@@H](C#N)O1. The van der Waals surface area contributed by atoms with E-state index in [0.717, 1.165) is 0 Å². The van der Waals surface area contributed by atoms with Crippen LogP contribution in [0.1, 0.15) is 20.3 Å². The highest BCUT2D eigenvalue weighted by Gasteiger charge is 2.39. The van der Waals surface area contributed by atoms with E-state index in [4.69, 9.17) is 19.5 Å². The second-order valence-electron chi connectivity index (χ2n) is 3.58. The van der Waals surface area contributed by atoms with E-state index >= 15 is 0 Å². The molecular formula is C11H13NO5. The van der Waals surface area contributed by atoms with Crippen molar-refractivity contribution in [3.63, 3.8) is 0 Å². The molecule has 0 aliphatic carbocycles. The molecule has 1 aliphatic rings. The molecule has 0 aromatic rings. The summed E-state index contributed by atoms with van der Waals surface area (Å²) in [7, 11) is 0. The highest BCUT2D eigenvalue weighted by atomic mass is 16.7. The quantitative estimate of drug-likeness (QED) is 0.531. The topological polar surface area (TPSA) is 85.6 Å². The lowest BCUT2D eigenvalue weighted by Crippen LogP contribution is -2.46. The van der Waals surface area contributed by atoms with Crippen molar-refractivity contribution >= 4 is 11.9 Å². The molecule has 0 saturated carbocycles. The van der Waals surface area contributed by atoms with Crippen molar-refractivity contribution in [1.29, 1.82) is 5.26 Å². The molecule has 1 rings (SSSR count). The van der Waals surface area contributed by atoms with Crippen molar-refractivity contribution in [3.05, 3.63) is 12.2 Å². The normalized spacial score (nSPS) is 27.0. The van der Waals surface area contributed by atoms with E-state index in [1.165, 1.54) is 13.8 Å². The van der Waals surface area contributed by atoms with Gasteiger partial charge >= 0.3 is 11.9 Å². The van der Waals surface area contributed by atoms with Gasteiger partial charge in [0.25, 0.3) is 5.79 Å². The number of carbonyl (C=O) groups is 2. The van der Waals surface area contributed by atoms with Crippen molar-refractivity contribution in [1.82, 2.24) is 0 Å². The Morgan fingerprint density at radius 2 is 2.24 bits per heavy atom. The summed E-state index contributed by atoms with van der Waals surface area (Å²) in [4.78, 5) is 21.8. The molecule has 0 bridgehead atoms. The largest absolute Gasteiger partial charge is 0.459 e. The molecule has 0 saturated heterocycles. The second kappa shape index (κ2) is 5.46. The molecule has 92 valence electrons. The molecule has 0 spiro atoms. The Hall–Kier alpha value is -1.87. The molecule has 0 aromatic carbocycles. The van der Waals surface area contributed by atoms with E-state index < -0.39 is 23.8 Å². The summed E-state index contributed by atoms with van der Waals surface area (Å²) in [6.07, 6.45) is 2.62. The summed E-state index contributed by atoms with van der Waals surface area (Å²) < 4.78 is 15.1. The fourth-order valence-electron chi connectivity index (χ4n) is 1.42. The summed E-state index contributed by atoms with van der Waals surface area (Å²) in [6.45, 7) is 2.23. The fraction of sp³-hybridized carbons (Fsp3) is 0.545. The minimum absolute atomic E-state index is 0.232. The molecule has 1 aliphatic heterocycles. The van der Waals surface area contributed by atoms with E-state index in [0.29, 0.717) is 0 Å². The van der Waals surface area contributed by atoms with Crippen LogP contribution in [0.3, 0.4) is 0 Å². The highest BCUT2D eigenvalue weighted by Crippen LogP contribution is 2.26. The predicted molar refractivity (Wildman–Crippen MR) is 55.4 cm³/mol. The van der Waals surface area contributed by atoms with Gasteiger partial charge in [-0.2, -0.15) is 5.26 Å². The fourth-order valence-corrected chi connectivity index (χ4v) is 1.42. The number of ether oxygens (including phenoxy) is 3. The van der Waals surface area contributed by atoms with E-state index in [9.17, 15) is 9.59 Å². The van der Waals surface area contributed by atoms with Crippen molar-refractivity contribution in [2.24, 2.45) is 0 Å². The van der Waals surface area contributed by atoms with Crippen LogP contribution in [0, 0.1) is 11.3 Å². The molecule has 6 heteroatoms. The molecule has 0 radical (unpaired) electrons. The van der Waals surface area contributed by atoms with Gasteiger partial charge in [-0.05, 0) is 6.08 Å². The van der Waals surface area contributed by atoms with Crippen LogP contribution >= 0.6 is 0 Å². The second-order valence-corrected chi connectivity index (χ2v) is 3.58. The third kappa shape index (κ3) is 3.89. The Morgan fingerprint density at radius 1 is 1.53 bits per heavy atom. The van der Waals surface area contributed by atoms with Gasteiger partial charge in [-0.3, -0.25) is 9.59 Å². The first-order chi connectivity index (χ1) is 7.97. The Morgan fingerprint density at radius 3 is 2.76 bits per heavy atom. The Labute approximate surface area is 98.7 Å². The Balaban J connectivity index is 2.79. The van der Waals surface area contributed by atoms with Gasteiger partial charge in [0.15, 0.2) is 12.7 Å². The number of hydrogen-bond donors (Lipinski definition) is 0. The summed E-state index contributed by atoms with van der Waals surface area (Å²) in [5.74, 6) is -2.47. The highest BCUT2D eigenvalue weighted by molar-refractivity contribution is 5.67. The van der Waals surface area contributed by atoms with E-state index in [1.54, 1.807) is 12.2 Å². The zero-order valence-electron chi connectivity index (χ0n) is 9.63. The smallest absolute Gasteiger partial charge is 0.305 e. The molecule has 6 nitrogen and oxygen atoms in total. The maximum Gasteiger partial charge on any atom is 0.305 e.